The van der Waals surface area contributed by atoms with Crippen LogP contribution in [0.25, 0.3) is 0 Å². The van der Waals surface area contributed by atoms with Gasteiger partial charge in [0.1, 0.15) is 5.54 Å². The summed E-state index contributed by atoms with van der Waals surface area (Å²) in [5, 5.41) is 4.34. The van der Waals surface area contributed by atoms with E-state index in [1.807, 2.05) is 38.1 Å². The van der Waals surface area contributed by atoms with Gasteiger partial charge in [0.05, 0.1) is 7.11 Å². The number of esters is 1. The van der Waals surface area contributed by atoms with E-state index < -0.39 is 5.54 Å². The molecule has 21 heavy (non-hydrogen) atoms. The lowest BCUT2D eigenvalue weighted by Crippen LogP contribution is -2.51. The normalized spacial score (nSPS) is 15.3. The fourth-order valence-electron chi connectivity index (χ4n) is 2.32. The van der Waals surface area contributed by atoms with Gasteiger partial charge in [0.2, 0.25) is 0 Å². The zero-order valence-corrected chi connectivity index (χ0v) is 14.7. The van der Waals surface area contributed by atoms with Gasteiger partial charge >= 0.3 is 5.97 Å². The number of hydrogen-bond acceptors (Lipinski definition) is 4. The molecular formula is C16H24ClNO2S. The highest BCUT2D eigenvalue weighted by Gasteiger charge is 2.35. The van der Waals surface area contributed by atoms with Crippen molar-refractivity contribution in [3.05, 3.63) is 34.9 Å². The minimum atomic E-state index is -0.642. The number of carbonyl (C=O) groups is 1. The van der Waals surface area contributed by atoms with Crippen LogP contribution in [-0.4, -0.2) is 30.4 Å². The molecule has 1 N–H and O–H groups in total. The first-order chi connectivity index (χ1) is 9.92. The van der Waals surface area contributed by atoms with E-state index in [4.69, 9.17) is 16.3 Å². The Morgan fingerprint density at radius 2 is 2.14 bits per heavy atom. The molecule has 2 unspecified atom stereocenters. The molecule has 0 saturated heterocycles. The van der Waals surface area contributed by atoms with Gasteiger partial charge in [-0.2, -0.15) is 11.8 Å². The number of carbonyl (C=O) groups excluding carboxylic acids is 1. The number of methoxy groups -OCH3 is 1. The summed E-state index contributed by atoms with van der Waals surface area (Å²) in [6.07, 6.45) is 0.711. The van der Waals surface area contributed by atoms with Crippen LogP contribution in [0.15, 0.2) is 24.3 Å². The van der Waals surface area contributed by atoms with Gasteiger partial charge in [-0.15, -0.1) is 0 Å². The summed E-state index contributed by atoms with van der Waals surface area (Å²) >= 11 is 7.96. The molecule has 0 bridgehead atoms. The maximum atomic E-state index is 12.0. The van der Waals surface area contributed by atoms with Crippen LogP contribution in [0.2, 0.25) is 5.02 Å². The van der Waals surface area contributed by atoms with Gasteiger partial charge in [0.15, 0.2) is 0 Å². The standard InChI is InChI=1S/C16H24ClNO2S/c1-5-18-16(3,15(19)20-4)10-12(2)21-11-13-8-6-7-9-14(13)17/h6-9,12,18H,5,10-11H2,1-4H3. The van der Waals surface area contributed by atoms with Crippen molar-refractivity contribution < 1.29 is 9.53 Å². The van der Waals surface area contributed by atoms with E-state index in [-0.39, 0.29) is 5.97 Å². The van der Waals surface area contributed by atoms with Crippen LogP contribution in [0.5, 0.6) is 0 Å². The number of benzene rings is 1. The Hall–Kier alpha value is -0.710. The highest BCUT2D eigenvalue weighted by Crippen LogP contribution is 2.28. The quantitative estimate of drug-likeness (QED) is 0.734. The topological polar surface area (TPSA) is 38.3 Å². The minimum absolute atomic E-state index is 0.213. The Kier molecular flexibility index (Phi) is 7.57. The third-order valence-electron chi connectivity index (χ3n) is 3.38. The molecule has 3 nitrogen and oxygen atoms in total. The number of likely N-dealkylation sites (N-methyl/N-ethyl adjacent to an activating group) is 1. The van der Waals surface area contributed by atoms with Crippen molar-refractivity contribution in [3.8, 4) is 0 Å². The molecule has 5 heteroatoms. The predicted octanol–water partition coefficient (Wildman–Crippen LogP) is 3.89. The summed E-state index contributed by atoms with van der Waals surface area (Å²) < 4.78 is 4.92. The number of nitrogens with one attached hydrogen (secondary N) is 1. The molecule has 0 heterocycles. The highest BCUT2D eigenvalue weighted by atomic mass is 35.5. The molecule has 0 aliphatic heterocycles. The summed E-state index contributed by atoms with van der Waals surface area (Å²) in [4.78, 5) is 12.0. The van der Waals surface area contributed by atoms with Crippen LogP contribution in [0.4, 0.5) is 0 Å². The molecule has 118 valence electrons. The summed E-state index contributed by atoms with van der Waals surface area (Å²) in [5.74, 6) is 0.624. The number of rotatable bonds is 8. The fraction of sp³-hybridized carbons (Fsp3) is 0.562. The van der Waals surface area contributed by atoms with E-state index in [2.05, 4.69) is 12.2 Å². The Morgan fingerprint density at radius 1 is 1.48 bits per heavy atom. The summed E-state index contributed by atoms with van der Waals surface area (Å²) in [6, 6.07) is 7.86. The van der Waals surface area contributed by atoms with Crippen LogP contribution >= 0.6 is 23.4 Å². The molecule has 0 radical (unpaired) electrons. The van der Waals surface area contributed by atoms with Crippen molar-refractivity contribution in [3.63, 3.8) is 0 Å². The second-order valence-electron chi connectivity index (χ2n) is 5.27. The molecule has 1 aromatic carbocycles. The fourth-order valence-corrected chi connectivity index (χ4v) is 3.77. The Balaban J connectivity index is 2.60. The van der Waals surface area contributed by atoms with Gasteiger partial charge in [-0.25, -0.2) is 0 Å². The van der Waals surface area contributed by atoms with Crippen LogP contribution in [0, 0.1) is 0 Å². The smallest absolute Gasteiger partial charge is 0.325 e. The van der Waals surface area contributed by atoms with Crippen LogP contribution in [-0.2, 0) is 15.3 Å². The first kappa shape index (κ1) is 18.3. The first-order valence-electron chi connectivity index (χ1n) is 7.11. The van der Waals surface area contributed by atoms with Gasteiger partial charge in [0.25, 0.3) is 0 Å². The molecule has 2 atom stereocenters. The SMILES string of the molecule is CCNC(C)(CC(C)SCc1ccccc1Cl)C(=O)OC. The van der Waals surface area contributed by atoms with Crippen molar-refractivity contribution in [2.24, 2.45) is 0 Å². The lowest BCUT2D eigenvalue weighted by molar-refractivity contribution is -0.148. The van der Waals surface area contributed by atoms with Crippen LogP contribution < -0.4 is 5.32 Å². The monoisotopic (exact) mass is 329 g/mol. The minimum Gasteiger partial charge on any atom is -0.468 e. The summed E-state index contributed by atoms with van der Waals surface area (Å²) in [7, 11) is 1.43. The molecule has 0 aromatic heterocycles. The van der Waals surface area contributed by atoms with Gasteiger partial charge in [-0.1, -0.05) is 43.6 Å². The molecule has 0 saturated carbocycles. The van der Waals surface area contributed by atoms with E-state index in [0.717, 1.165) is 22.9 Å². The average molecular weight is 330 g/mol. The van der Waals surface area contributed by atoms with Crippen molar-refractivity contribution in [1.82, 2.24) is 5.32 Å². The molecule has 0 aliphatic carbocycles. The number of hydrogen-bond donors (Lipinski definition) is 1. The maximum Gasteiger partial charge on any atom is 0.325 e. The van der Waals surface area contributed by atoms with E-state index in [1.54, 1.807) is 11.8 Å². The molecule has 0 fully saturated rings. The molecular weight excluding hydrogens is 306 g/mol. The highest BCUT2D eigenvalue weighted by molar-refractivity contribution is 7.99. The third kappa shape index (κ3) is 5.53. The number of halogens is 1. The largest absolute Gasteiger partial charge is 0.468 e. The third-order valence-corrected chi connectivity index (χ3v) is 4.96. The van der Waals surface area contributed by atoms with Gasteiger partial charge in [0, 0.05) is 16.0 Å². The molecule has 1 rings (SSSR count). The zero-order chi connectivity index (χ0) is 15.9. The Labute approximate surface area is 136 Å². The average Bonchev–Trinajstić information content (AvgIpc) is 2.45. The maximum absolute atomic E-state index is 12.0. The van der Waals surface area contributed by atoms with Gasteiger partial charge in [-0.05, 0) is 31.5 Å². The van der Waals surface area contributed by atoms with E-state index in [1.165, 1.54) is 7.11 Å². The van der Waals surface area contributed by atoms with Crippen LogP contribution in [0.3, 0.4) is 0 Å². The first-order valence-corrected chi connectivity index (χ1v) is 8.54. The van der Waals surface area contributed by atoms with Crippen molar-refractivity contribution in [2.45, 2.75) is 43.7 Å². The van der Waals surface area contributed by atoms with Crippen molar-refractivity contribution in [1.29, 1.82) is 0 Å². The zero-order valence-electron chi connectivity index (χ0n) is 13.1. The molecule has 0 aliphatic rings. The van der Waals surface area contributed by atoms with Crippen molar-refractivity contribution >= 4 is 29.3 Å². The molecule has 0 spiro atoms. The lowest BCUT2D eigenvalue weighted by atomic mass is 9.96. The van der Waals surface area contributed by atoms with Crippen molar-refractivity contribution in [2.75, 3.05) is 13.7 Å². The van der Waals surface area contributed by atoms with Crippen LogP contribution in [0.1, 0.15) is 32.8 Å². The van der Waals surface area contributed by atoms with E-state index >= 15 is 0 Å². The predicted molar refractivity (Wildman–Crippen MR) is 90.9 cm³/mol. The van der Waals surface area contributed by atoms with Gasteiger partial charge < -0.3 is 10.1 Å². The van der Waals surface area contributed by atoms with E-state index in [9.17, 15) is 4.79 Å². The lowest BCUT2D eigenvalue weighted by Gasteiger charge is -2.30. The molecule has 0 amide bonds. The Bertz CT molecular complexity index is 469. The van der Waals surface area contributed by atoms with E-state index in [0.29, 0.717) is 11.7 Å². The molecule has 1 aromatic rings. The number of thioether (sulfide) groups is 1. The second kappa shape index (κ2) is 8.66. The Morgan fingerprint density at radius 3 is 2.71 bits per heavy atom. The second-order valence-corrected chi connectivity index (χ2v) is 7.11. The van der Waals surface area contributed by atoms with Gasteiger partial charge in [-0.3, -0.25) is 4.79 Å². The summed E-state index contributed by atoms with van der Waals surface area (Å²) in [5.41, 5.74) is 0.482. The number of ether oxygens (including phenoxy) is 1. The summed E-state index contributed by atoms with van der Waals surface area (Å²) in [6.45, 7) is 6.74.